The maximum absolute atomic E-state index is 11.5. The zero-order valence-electron chi connectivity index (χ0n) is 12.1. The molecule has 0 aliphatic rings. The van der Waals surface area contributed by atoms with Gasteiger partial charge in [0.05, 0.1) is 27.3 Å². The Kier molecular flexibility index (Phi) is 8.25. The van der Waals surface area contributed by atoms with Crippen LogP contribution in [-0.2, 0) is 11.5 Å². The van der Waals surface area contributed by atoms with Gasteiger partial charge in [0.25, 0.3) is 5.56 Å². The van der Waals surface area contributed by atoms with Crippen molar-refractivity contribution in [2.24, 2.45) is 0 Å². The number of halogens is 1. The van der Waals surface area contributed by atoms with Crippen molar-refractivity contribution in [1.29, 1.82) is 0 Å². The van der Waals surface area contributed by atoms with Crippen molar-refractivity contribution in [3.8, 4) is 0 Å². The summed E-state index contributed by atoms with van der Waals surface area (Å²) >= 11 is 0. The third kappa shape index (κ3) is 6.16. The molecule has 0 fully saturated rings. The van der Waals surface area contributed by atoms with Crippen molar-refractivity contribution >= 4 is 0 Å². The Labute approximate surface area is 134 Å². The van der Waals surface area contributed by atoms with Gasteiger partial charge in [-0.1, -0.05) is 0 Å². The van der Waals surface area contributed by atoms with E-state index in [1.807, 2.05) is 14.1 Å². The van der Waals surface area contributed by atoms with Crippen LogP contribution in [0.5, 0.6) is 0 Å². The average molecular weight is 399 g/mol. The van der Waals surface area contributed by atoms with Crippen LogP contribution >= 0.6 is 0 Å². The van der Waals surface area contributed by atoms with Gasteiger partial charge in [-0.3, -0.25) is 14.3 Å². The number of hydrogen-bond donors (Lipinski definition) is 2. The molecule has 1 aromatic rings. The number of likely N-dealkylation sites (N-methyl/N-ethyl adjacent to an activating group) is 1. The largest absolute Gasteiger partial charge is 1.00 e. The zero-order valence-corrected chi connectivity index (χ0v) is 14.2. The van der Waals surface area contributed by atoms with Crippen molar-refractivity contribution in [1.82, 2.24) is 9.55 Å². The highest BCUT2D eigenvalue weighted by Gasteiger charge is 2.13. The van der Waals surface area contributed by atoms with E-state index in [-0.39, 0.29) is 42.9 Å². The molecule has 0 aliphatic carbocycles. The standard InChI is InChI=1S/C12H21N3O4.HI/c1-10-8-14(12(18)13-11(10)17)9-19-7-5-15(2,3)4-6-16;/h8,16H,4-7,9H2,1-3H3;1H. The number of quaternary nitrogens is 1. The van der Waals surface area contributed by atoms with Gasteiger partial charge in [-0.15, -0.1) is 0 Å². The summed E-state index contributed by atoms with van der Waals surface area (Å²) in [5.41, 5.74) is -0.374. The molecule has 0 saturated heterocycles. The van der Waals surface area contributed by atoms with Crippen LogP contribution in [0.2, 0.25) is 0 Å². The van der Waals surface area contributed by atoms with Crippen LogP contribution in [0.15, 0.2) is 15.8 Å². The molecule has 1 aromatic heterocycles. The van der Waals surface area contributed by atoms with E-state index in [9.17, 15) is 9.59 Å². The molecule has 1 heterocycles. The van der Waals surface area contributed by atoms with Gasteiger partial charge >= 0.3 is 5.69 Å². The number of hydrogen-bond acceptors (Lipinski definition) is 4. The smallest absolute Gasteiger partial charge is 0.330 e. The Morgan fingerprint density at radius 1 is 1.35 bits per heavy atom. The number of rotatable bonds is 7. The van der Waals surface area contributed by atoms with Gasteiger partial charge in [-0.2, -0.15) is 0 Å². The highest BCUT2D eigenvalue weighted by atomic mass is 127. The third-order valence-electron chi connectivity index (χ3n) is 2.97. The lowest BCUT2D eigenvalue weighted by Crippen LogP contribution is -3.00. The first-order chi connectivity index (χ1) is 8.85. The van der Waals surface area contributed by atoms with Crippen molar-refractivity contribution in [3.05, 3.63) is 32.6 Å². The van der Waals surface area contributed by atoms with Gasteiger partial charge in [0.15, 0.2) is 0 Å². The van der Waals surface area contributed by atoms with Gasteiger partial charge in [0.1, 0.15) is 19.8 Å². The molecule has 0 saturated carbocycles. The lowest BCUT2D eigenvalue weighted by atomic mass is 10.4. The lowest BCUT2D eigenvalue weighted by Gasteiger charge is -2.28. The summed E-state index contributed by atoms with van der Waals surface area (Å²) < 4.78 is 7.39. The van der Waals surface area contributed by atoms with Gasteiger partial charge in [0, 0.05) is 11.8 Å². The predicted molar refractivity (Wildman–Crippen MR) is 70.9 cm³/mol. The second-order valence-corrected chi connectivity index (χ2v) is 5.19. The molecule has 0 radical (unpaired) electrons. The monoisotopic (exact) mass is 399 g/mol. The van der Waals surface area contributed by atoms with Crippen LogP contribution in [0.1, 0.15) is 5.56 Å². The summed E-state index contributed by atoms with van der Waals surface area (Å²) in [6.07, 6.45) is 1.48. The summed E-state index contributed by atoms with van der Waals surface area (Å²) in [6, 6.07) is 0. The van der Waals surface area contributed by atoms with Crippen molar-refractivity contribution in [2.75, 3.05) is 40.4 Å². The molecular formula is C12H22IN3O4. The fourth-order valence-electron chi connectivity index (χ4n) is 1.57. The summed E-state index contributed by atoms with van der Waals surface area (Å²) in [7, 11) is 3.99. The Morgan fingerprint density at radius 3 is 2.60 bits per heavy atom. The second kappa shape index (κ2) is 8.55. The number of aromatic amines is 1. The van der Waals surface area contributed by atoms with E-state index in [1.165, 1.54) is 10.8 Å². The second-order valence-electron chi connectivity index (χ2n) is 5.19. The molecule has 0 unspecified atom stereocenters. The van der Waals surface area contributed by atoms with Gasteiger partial charge in [-0.05, 0) is 6.92 Å². The van der Waals surface area contributed by atoms with Crippen LogP contribution in [0.4, 0.5) is 0 Å². The lowest BCUT2D eigenvalue weighted by molar-refractivity contribution is -0.891. The minimum atomic E-state index is -0.472. The van der Waals surface area contributed by atoms with Crippen LogP contribution in [-0.4, -0.2) is 59.5 Å². The molecule has 0 amide bonds. The molecule has 0 aromatic carbocycles. The molecule has 7 nitrogen and oxygen atoms in total. The van der Waals surface area contributed by atoms with Gasteiger partial charge < -0.3 is 38.3 Å². The van der Waals surface area contributed by atoms with E-state index in [4.69, 9.17) is 9.84 Å². The number of aliphatic hydroxyl groups is 1. The van der Waals surface area contributed by atoms with E-state index in [0.717, 1.165) is 6.54 Å². The highest BCUT2D eigenvalue weighted by molar-refractivity contribution is 5.00. The van der Waals surface area contributed by atoms with E-state index in [1.54, 1.807) is 6.92 Å². The maximum atomic E-state index is 11.5. The molecule has 0 bridgehead atoms. The quantitative estimate of drug-likeness (QED) is 0.277. The highest BCUT2D eigenvalue weighted by Crippen LogP contribution is 1.96. The average Bonchev–Trinajstić information content (AvgIpc) is 2.30. The summed E-state index contributed by atoms with van der Waals surface area (Å²) in [4.78, 5) is 24.9. The number of nitrogens with zero attached hydrogens (tertiary/aromatic N) is 2. The number of aromatic nitrogens is 2. The Balaban J connectivity index is 0.00000361. The molecule has 2 N–H and O–H groups in total. The molecular weight excluding hydrogens is 377 g/mol. The van der Waals surface area contributed by atoms with E-state index in [2.05, 4.69) is 4.98 Å². The minimum Gasteiger partial charge on any atom is -1.00 e. The van der Waals surface area contributed by atoms with Crippen molar-refractivity contribution < 1.29 is 38.3 Å². The number of ether oxygens (including phenoxy) is 1. The molecule has 0 aliphatic heterocycles. The number of H-pyrrole nitrogens is 1. The molecule has 20 heavy (non-hydrogen) atoms. The van der Waals surface area contributed by atoms with Gasteiger partial charge in [-0.25, -0.2) is 4.79 Å². The third-order valence-corrected chi connectivity index (χ3v) is 2.97. The van der Waals surface area contributed by atoms with Crippen LogP contribution in [0, 0.1) is 6.92 Å². The molecule has 116 valence electrons. The summed E-state index contributed by atoms with van der Waals surface area (Å²) in [5.74, 6) is 0. The van der Waals surface area contributed by atoms with Crippen LogP contribution < -0.4 is 35.2 Å². The number of aliphatic hydroxyl groups excluding tert-OH is 1. The first-order valence-electron chi connectivity index (χ1n) is 6.17. The first-order valence-corrected chi connectivity index (χ1v) is 6.17. The molecule has 8 heteroatoms. The molecule has 0 spiro atoms. The van der Waals surface area contributed by atoms with Crippen molar-refractivity contribution in [2.45, 2.75) is 13.7 Å². The number of nitrogens with one attached hydrogen (secondary N) is 1. The fraction of sp³-hybridized carbons (Fsp3) is 0.667. The summed E-state index contributed by atoms with van der Waals surface area (Å²) in [5, 5.41) is 8.89. The normalized spacial score (nSPS) is 11.2. The number of aryl methyl sites for hydroxylation is 1. The van der Waals surface area contributed by atoms with Crippen LogP contribution in [0.25, 0.3) is 0 Å². The van der Waals surface area contributed by atoms with E-state index in [0.29, 0.717) is 23.2 Å². The Bertz CT molecular complexity index is 524. The van der Waals surface area contributed by atoms with E-state index < -0.39 is 5.69 Å². The SMILES string of the molecule is Cc1cn(COCC[N+](C)(C)CCO)c(=O)[nH]c1=O.[I-]. The van der Waals surface area contributed by atoms with Gasteiger partial charge in [0.2, 0.25) is 0 Å². The van der Waals surface area contributed by atoms with Crippen LogP contribution in [0.3, 0.4) is 0 Å². The maximum Gasteiger partial charge on any atom is 0.330 e. The minimum absolute atomic E-state index is 0. The Morgan fingerprint density at radius 2 is 2.00 bits per heavy atom. The Hall–Kier alpha value is -0.710. The fourth-order valence-corrected chi connectivity index (χ4v) is 1.57. The van der Waals surface area contributed by atoms with E-state index >= 15 is 0 Å². The molecule has 0 atom stereocenters. The molecule has 1 rings (SSSR count). The summed E-state index contributed by atoms with van der Waals surface area (Å²) in [6.45, 7) is 3.73. The topological polar surface area (TPSA) is 84.3 Å². The first kappa shape index (κ1) is 19.3. The zero-order chi connectivity index (χ0) is 14.5. The van der Waals surface area contributed by atoms with Crippen molar-refractivity contribution in [3.63, 3.8) is 0 Å². The predicted octanol–water partition coefficient (Wildman–Crippen LogP) is -4.11.